The number of aryl methyl sites for hydroxylation is 1. The average molecular weight is 1160 g/mol. The Morgan fingerprint density at radius 1 is 0.366 bits per heavy atom. The van der Waals surface area contributed by atoms with Gasteiger partial charge >= 0.3 is 0 Å². The van der Waals surface area contributed by atoms with Crippen molar-refractivity contribution in [1.82, 2.24) is 4.98 Å². The molecule has 0 bridgehead atoms. The largest absolute Gasteiger partial charge is 0.290 e. The van der Waals surface area contributed by atoms with Crippen LogP contribution in [-0.2, 0) is 17.4 Å². The summed E-state index contributed by atoms with van der Waals surface area (Å²) >= 11 is 0. The van der Waals surface area contributed by atoms with Gasteiger partial charge in [-0.3, -0.25) is 25.0 Å². The third kappa shape index (κ3) is 2.80. The summed E-state index contributed by atoms with van der Waals surface area (Å²) in [5, 5.41) is 74.7. The number of ketones is 1. The Bertz CT molecular complexity index is 9090. The highest BCUT2D eigenvalue weighted by Gasteiger charge is 2.63. The Morgan fingerprint density at radius 3 is 1.22 bits per heavy atom. The molecule has 404 valence electrons. The minimum atomic E-state index is -1.67. The van der Waals surface area contributed by atoms with Gasteiger partial charge in [0, 0.05) is 168 Å². The van der Waals surface area contributed by atoms with E-state index in [9.17, 15) is 0 Å². The average Bonchev–Trinajstić information content (AvgIpc) is 1.40. The number of fused-ring (bicyclic) bond motifs is 6. The highest BCUT2D eigenvalue weighted by atomic mass is 16.1. The zero-order valence-electron chi connectivity index (χ0n) is 48.3. The van der Waals surface area contributed by atoms with Crippen molar-refractivity contribution in [3.8, 4) is 0 Å². The number of rotatable bonds is 5. The lowest BCUT2D eigenvalue weighted by Crippen LogP contribution is -2.52. The number of Topliss-reactive ketones (excluding diaryl/α,β-unsaturated/α-hetero) is 1. The van der Waals surface area contributed by atoms with Gasteiger partial charge in [-0.2, -0.15) is 5.10 Å². The Morgan fingerprint density at radius 2 is 0.742 bits per heavy atom. The summed E-state index contributed by atoms with van der Waals surface area (Å²) < 4.78 is 0. The molecule has 0 spiro atoms. The zero-order valence-corrected chi connectivity index (χ0v) is 48.3. The van der Waals surface area contributed by atoms with E-state index in [2.05, 4.69) is 109 Å². The monoisotopic (exact) mass is 1160 g/mol. The van der Waals surface area contributed by atoms with Gasteiger partial charge in [-0.05, 0) is 189 Å². The van der Waals surface area contributed by atoms with Crippen LogP contribution in [0, 0.1) is 6.92 Å². The molecule has 1 N–H and O–H groups in total. The van der Waals surface area contributed by atoms with Crippen molar-refractivity contribution in [3.05, 3.63) is 170 Å². The van der Waals surface area contributed by atoms with Gasteiger partial charge in [-0.1, -0.05) is 84.4 Å². The number of nitrogens with zero attached hydrogens (tertiary/aromatic N) is 3. The lowest BCUT2D eigenvalue weighted by molar-refractivity contribution is 0.0913. The predicted molar refractivity (Wildman–Crippen MR) is 384 cm³/mol. The topological polar surface area (TPSA) is 83.8 Å². The second-order valence-corrected chi connectivity index (χ2v) is 30.4. The Labute approximate surface area is 513 Å². The number of anilines is 1. The van der Waals surface area contributed by atoms with Gasteiger partial charge in [0.05, 0.1) is 22.5 Å². The van der Waals surface area contributed by atoms with E-state index in [0.29, 0.717) is 28.4 Å². The van der Waals surface area contributed by atoms with Crippen LogP contribution in [0.4, 0.5) is 5.69 Å². The molecule has 6 nitrogen and oxygen atoms in total. The van der Waals surface area contributed by atoms with Crippen LogP contribution in [0.15, 0.2) is 124 Å². The molecule has 0 radical (unpaired) electrons. The van der Waals surface area contributed by atoms with Crippen molar-refractivity contribution >= 4 is 297 Å². The molecule has 0 saturated carbocycles. The van der Waals surface area contributed by atoms with Gasteiger partial charge in [0.25, 0.3) is 0 Å². The fraction of sp³-hybridized carbons (Fsp3) is 0.0460. The Kier molecular flexibility index (Phi) is 4.51. The van der Waals surface area contributed by atoms with Crippen molar-refractivity contribution in [2.45, 2.75) is 24.3 Å². The summed E-state index contributed by atoms with van der Waals surface area (Å²) in [5.74, 6) is -0.0467. The SMILES string of the molecule is Cc1ccc(N/N=c2/c(=O)c3c4c5c6c7c8c9c%10c%11c%12c(c%13c%14c2c3c2c3c4c4c5c5c7c7c%15c8c%11c8c%11c%12c%12c%13c%13c%14c2c2c3c3c4c4c5c7c5c(c%158)c7c%11c%12c8c%13c2c2c8c7c5c4c32)CC%10(c2ccccc2)C(c2ccccc2)=NC9(c2ccccn2)C6=O)cc1. The summed E-state index contributed by atoms with van der Waals surface area (Å²) in [7, 11) is 0. The molecule has 30 aromatic carbocycles. The molecular formula is C87H24N4O2. The molecule has 34 rings (SSSR count). The van der Waals surface area contributed by atoms with Crippen molar-refractivity contribution < 1.29 is 4.79 Å². The van der Waals surface area contributed by atoms with Gasteiger partial charge < -0.3 is 0 Å². The van der Waals surface area contributed by atoms with E-state index in [1.165, 1.54) is 248 Å². The molecule has 31 aromatic rings. The van der Waals surface area contributed by atoms with Crippen molar-refractivity contribution in [3.63, 3.8) is 0 Å². The number of hydrogen-bond donors (Lipinski definition) is 1. The summed E-state index contributed by atoms with van der Waals surface area (Å²) in [5.41, 5.74) is 10.9. The maximum Gasteiger partial charge on any atom is 0.215 e. The smallest absolute Gasteiger partial charge is 0.215 e. The number of aromatic nitrogens is 1. The quantitative estimate of drug-likeness (QED) is 0.137. The lowest BCUT2D eigenvalue weighted by atomic mass is 9.54. The highest BCUT2D eigenvalue weighted by molar-refractivity contribution is 6.81. The number of pyridine rings is 1. The van der Waals surface area contributed by atoms with Crippen LogP contribution >= 0.6 is 0 Å². The van der Waals surface area contributed by atoms with E-state index in [1.54, 1.807) is 0 Å². The molecular weight excluding hydrogens is 1130 g/mol. The van der Waals surface area contributed by atoms with Crippen LogP contribution in [0.2, 0.25) is 0 Å². The van der Waals surface area contributed by atoms with Crippen molar-refractivity contribution in [2.75, 3.05) is 5.43 Å². The van der Waals surface area contributed by atoms with Crippen LogP contribution in [-0.4, -0.2) is 16.5 Å². The summed E-state index contributed by atoms with van der Waals surface area (Å²) in [6, 6.07) is 37.0. The highest BCUT2D eigenvalue weighted by Crippen LogP contribution is 2.79. The fourth-order valence-electron chi connectivity index (χ4n) is 26.5. The molecule has 2 unspecified atom stereocenters. The number of carbonyl (C=O) groups excluding carboxylic acids is 1. The van der Waals surface area contributed by atoms with E-state index < -0.39 is 11.0 Å². The molecule has 2 atom stereocenters. The lowest BCUT2D eigenvalue weighted by Gasteiger charge is -2.50. The van der Waals surface area contributed by atoms with Gasteiger partial charge in [0.1, 0.15) is 5.36 Å². The number of benzene rings is 20. The normalized spacial score (nSPS) is 19.7. The van der Waals surface area contributed by atoms with Crippen molar-refractivity contribution in [1.29, 1.82) is 0 Å². The molecule has 2 heterocycles. The summed E-state index contributed by atoms with van der Waals surface area (Å²) in [6.07, 6.45) is 2.47. The maximum absolute atomic E-state index is 19.0. The van der Waals surface area contributed by atoms with E-state index >= 15 is 9.59 Å². The second kappa shape index (κ2) is 10.5. The van der Waals surface area contributed by atoms with E-state index in [0.717, 1.165) is 71.4 Å². The van der Waals surface area contributed by atoms with Gasteiger partial charge in [-0.25, -0.2) is 0 Å². The summed E-state index contributed by atoms with van der Waals surface area (Å²) in [4.78, 5) is 48.7. The van der Waals surface area contributed by atoms with E-state index in [-0.39, 0.29) is 11.2 Å². The molecule has 93 heavy (non-hydrogen) atoms. The zero-order chi connectivity index (χ0) is 57.8. The first-order chi connectivity index (χ1) is 46.1. The standard InChI is InChI=1S/C87H24N4O2/c1-21-15-17-24(18-16-21)90-91-82-77-31-27-25-20-86(23-12-6-3-7-13-23)80-75-28(25)30-32-29(27)33-35(31)39-43-41-37(33)40-36(32)38-34(30)63-58-53-42(38)46-44(40)45(41)48-49-47(46)50(53)54-57-52(49)55-51(48)56(43)61-65-60(55)66-62(57)67-59(54)64(58)70(69(63)75)76-73(67)79(72(66)71(65)78(83(82)92)74(77)68(39)61)85(93)87(81(76)80,26-14-8-9-19-88-26)89-84(86)22-10-4-2-5-11-22/h2-19,90H,20H2,1H3/b91-82+. The molecule has 6 heteroatoms. The third-order valence-electron chi connectivity index (χ3n) is 28.2. The minimum Gasteiger partial charge on any atom is -0.290 e. The third-order valence-corrected chi connectivity index (χ3v) is 28.2. The van der Waals surface area contributed by atoms with Gasteiger partial charge in [0.2, 0.25) is 11.2 Å². The predicted octanol–water partition coefficient (Wildman–Crippen LogP) is 20.3. The first-order valence-electron chi connectivity index (χ1n) is 33.2. The van der Waals surface area contributed by atoms with Crippen LogP contribution in [0.25, 0.3) is 280 Å². The number of carbonyl (C=O) groups is 1. The minimum absolute atomic E-state index is 0.0467. The Hall–Kier alpha value is -12.0. The van der Waals surface area contributed by atoms with E-state index in [1.807, 2.05) is 12.3 Å². The first-order valence-corrected chi connectivity index (χ1v) is 33.2. The first kappa shape index (κ1) is 39.9. The number of aliphatic imine (C=N–C) groups is 1. The van der Waals surface area contributed by atoms with Crippen LogP contribution in [0.5, 0.6) is 0 Å². The molecule has 1 aromatic heterocycles. The van der Waals surface area contributed by atoms with E-state index in [4.69, 9.17) is 15.1 Å². The summed E-state index contributed by atoms with van der Waals surface area (Å²) in [6.45, 7) is 2.11. The molecule has 1 aliphatic heterocycles. The fourth-order valence-corrected chi connectivity index (χ4v) is 26.5. The van der Waals surface area contributed by atoms with Crippen LogP contribution in [0.1, 0.15) is 49.4 Å². The van der Waals surface area contributed by atoms with Gasteiger partial charge in [-0.15, -0.1) is 0 Å². The van der Waals surface area contributed by atoms with Crippen LogP contribution in [0.3, 0.4) is 0 Å². The molecule has 0 fully saturated rings. The second-order valence-electron chi connectivity index (χ2n) is 30.4. The Balaban J connectivity index is 1.04. The van der Waals surface area contributed by atoms with Crippen molar-refractivity contribution in [2.24, 2.45) is 10.1 Å². The number of hydrogen-bond acceptors (Lipinski definition) is 6. The molecule has 0 amide bonds. The van der Waals surface area contributed by atoms with Gasteiger partial charge in [0.15, 0.2) is 5.54 Å². The molecule has 2 aliphatic carbocycles. The molecule has 3 aliphatic rings. The maximum atomic E-state index is 19.0. The van der Waals surface area contributed by atoms with Crippen LogP contribution < -0.4 is 16.2 Å². The molecule has 0 saturated heterocycles. The number of nitrogens with one attached hydrogen (secondary N) is 1.